The quantitative estimate of drug-likeness (QED) is 0.316. The van der Waals surface area contributed by atoms with Crippen LogP contribution in [0.2, 0.25) is 0 Å². The van der Waals surface area contributed by atoms with Crippen LogP contribution in [0.3, 0.4) is 0 Å². The molecule has 6 heteroatoms. The molecule has 4 heterocycles. The second-order valence-electron chi connectivity index (χ2n) is 10.2. The molecule has 4 aromatic rings. The molecule has 0 spiro atoms. The summed E-state index contributed by atoms with van der Waals surface area (Å²) in [4.78, 5) is 5.61. The smallest absolute Gasteiger partial charge is 0.236 e. The highest BCUT2D eigenvalue weighted by Gasteiger charge is 2.47. The number of fused-ring (bicyclic) bond motifs is 3. The molecule has 3 aromatic carbocycles. The van der Waals surface area contributed by atoms with Crippen molar-refractivity contribution in [2.45, 2.75) is 35.1 Å². The van der Waals surface area contributed by atoms with Crippen LogP contribution < -0.4 is 0 Å². The normalized spacial score (nSPS) is 23.6. The number of piperidine rings is 3. The van der Waals surface area contributed by atoms with E-state index in [9.17, 15) is 9.50 Å². The summed E-state index contributed by atoms with van der Waals surface area (Å²) in [6.07, 6.45) is 4.13. The third-order valence-corrected chi connectivity index (χ3v) is 9.23. The molecular formula is C30H30FN2O2S+. The molecule has 7 rings (SSSR count). The van der Waals surface area contributed by atoms with Crippen molar-refractivity contribution in [3.05, 3.63) is 120 Å². The van der Waals surface area contributed by atoms with Gasteiger partial charge in [-0.3, -0.25) is 0 Å². The number of oxazole rings is 1. The lowest BCUT2D eigenvalue weighted by Crippen LogP contribution is -2.62. The number of hydrogen-bond donors (Lipinski definition) is 1. The Balaban J connectivity index is 1.26. The summed E-state index contributed by atoms with van der Waals surface area (Å²) in [5.74, 6) is 1.59. The number of thioether (sulfide) groups is 1. The molecule has 0 aliphatic carbocycles. The lowest BCUT2D eigenvalue weighted by atomic mass is 9.85. The predicted molar refractivity (Wildman–Crippen MR) is 139 cm³/mol. The Bertz CT molecular complexity index is 1280. The van der Waals surface area contributed by atoms with Gasteiger partial charge in [0.2, 0.25) is 5.89 Å². The van der Waals surface area contributed by atoms with Gasteiger partial charge in [-0.2, -0.15) is 0 Å². The van der Waals surface area contributed by atoms with Crippen molar-refractivity contribution < 1.29 is 18.4 Å². The van der Waals surface area contributed by atoms with Gasteiger partial charge in [0.15, 0.2) is 11.4 Å². The van der Waals surface area contributed by atoms with Crippen molar-refractivity contribution in [2.24, 2.45) is 5.92 Å². The molecule has 1 N–H and O–H groups in total. The van der Waals surface area contributed by atoms with E-state index in [0.29, 0.717) is 17.1 Å². The number of aliphatic hydroxyl groups is 1. The van der Waals surface area contributed by atoms with Crippen LogP contribution in [0.5, 0.6) is 0 Å². The van der Waals surface area contributed by atoms with Crippen LogP contribution in [0.25, 0.3) is 0 Å². The molecule has 36 heavy (non-hydrogen) atoms. The predicted octanol–water partition coefficient (Wildman–Crippen LogP) is 6.00. The highest BCUT2D eigenvalue weighted by Crippen LogP contribution is 2.44. The van der Waals surface area contributed by atoms with E-state index in [1.54, 1.807) is 18.3 Å². The second-order valence-corrected chi connectivity index (χ2v) is 11.5. The van der Waals surface area contributed by atoms with Gasteiger partial charge in [-0.15, -0.1) is 11.8 Å². The summed E-state index contributed by atoms with van der Waals surface area (Å²) in [5, 5.41) is 12.5. The molecule has 3 fully saturated rings. The minimum Gasteiger partial charge on any atom is -0.436 e. The molecule has 2 bridgehead atoms. The molecule has 3 saturated heterocycles. The van der Waals surface area contributed by atoms with Gasteiger partial charge in [-0.1, -0.05) is 66.7 Å². The fourth-order valence-electron chi connectivity index (χ4n) is 5.94. The van der Waals surface area contributed by atoms with E-state index in [1.165, 1.54) is 18.9 Å². The highest BCUT2D eigenvalue weighted by molar-refractivity contribution is 8.00. The first-order chi connectivity index (χ1) is 17.5. The summed E-state index contributed by atoms with van der Waals surface area (Å²) < 4.78 is 21.1. The summed E-state index contributed by atoms with van der Waals surface area (Å²) >= 11 is 1.81. The third kappa shape index (κ3) is 4.38. The maximum atomic E-state index is 13.8. The highest BCUT2D eigenvalue weighted by atomic mass is 32.2. The molecular weight excluding hydrogens is 471 g/mol. The largest absolute Gasteiger partial charge is 0.436 e. The minimum atomic E-state index is -1.47. The van der Waals surface area contributed by atoms with E-state index in [4.69, 9.17) is 4.42 Å². The topological polar surface area (TPSA) is 46.3 Å². The zero-order chi connectivity index (χ0) is 24.6. The summed E-state index contributed by atoms with van der Waals surface area (Å²) in [5.41, 5.74) is -0.0187. The van der Waals surface area contributed by atoms with Gasteiger partial charge in [0.25, 0.3) is 0 Å². The molecule has 0 radical (unpaired) electrons. The Morgan fingerprint density at radius 2 is 1.61 bits per heavy atom. The molecule has 0 saturated carbocycles. The monoisotopic (exact) mass is 501 g/mol. The fourth-order valence-corrected chi connectivity index (χ4v) is 7.49. The Kier molecular flexibility index (Phi) is 6.20. The molecule has 184 valence electrons. The van der Waals surface area contributed by atoms with Crippen LogP contribution in [-0.2, 0) is 12.1 Å². The molecule has 1 aromatic heterocycles. The minimum absolute atomic E-state index is 0.177. The van der Waals surface area contributed by atoms with Crippen molar-refractivity contribution in [3.63, 3.8) is 0 Å². The fraction of sp³-hybridized carbons (Fsp3) is 0.300. The standard InChI is InChI=1S/C30H30FN2O2S/c31-25-12-7-13-27(18-25)36-28-21-33(16-14-22(28)15-17-33)20-26-19-32-29(35-26)30(34,23-8-3-1-4-9-23)24-10-5-2-6-11-24/h1-13,18-19,22,28,34H,14-17,20-21H2/q+1/t22?,28-,33?/m0/s1. The number of hydrogen-bond acceptors (Lipinski definition) is 4. The number of quaternary nitrogens is 1. The average molecular weight is 502 g/mol. The van der Waals surface area contributed by atoms with Crippen LogP contribution in [0.1, 0.15) is 35.6 Å². The first kappa shape index (κ1) is 23.5. The van der Waals surface area contributed by atoms with E-state index in [2.05, 4.69) is 4.98 Å². The van der Waals surface area contributed by atoms with Gasteiger partial charge < -0.3 is 14.0 Å². The first-order valence-corrected chi connectivity index (χ1v) is 13.5. The van der Waals surface area contributed by atoms with E-state index in [1.807, 2.05) is 78.5 Å². The van der Waals surface area contributed by atoms with E-state index in [-0.39, 0.29) is 5.82 Å². The zero-order valence-corrected chi connectivity index (χ0v) is 20.9. The Morgan fingerprint density at radius 1 is 0.944 bits per heavy atom. The summed E-state index contributed by atoms with van der Waals surface area (Å²) in [6.45, 7) is 4.01. The second kappa shape index (κ2) is 9.51. The van der Waals surface area contributed by atoms with Gasteiger partial charge in [0, 0.05) is 17.7 Å². The Morgan fingerprint density at radius 3 is 2.25 bits per heavy atom. The number of halogens is 1. The van der Waals surface area contributed by atoms with Gasteiger partial charge in [0.1, 0.15) is 12.4 Å². The summed E-state index contributed by atoms with van der Waals surface area (Å²) in [6, 6.07) is 26.1. The van der Waals surface area contributed by atoms with E-state index >= 15 is 0 Å². The van der Waals surface area contributed by atoms with Crippen molar-refractivity contribution in [1.82, 2.24) is 4.98 Å². The maximum absolute atomic E-state index is 13.8. The van der Waals surface area contributed by atoms with Crippen molar-refractivity contribution in [2.75, 3.05) is 19.6 Å². The van der Waals surface area contributed by atoms with Crippen molar-refractivity contribution >= 4 is 11.8 Å². The molecule has 0 amide bonds. The van der Waals surface area contributed by atoms with Gasteiger partial charge in [0.05, 0.1) is 31.1 Å². The molecule has 3 aliphatic rings. The first-order valence-electron chi connectivity index (χ1n) is 12.6. The molecule has 4 nitrogen and oxygen atoms in total. The lowest BCUT2D eigenvalue weighted by Gasteiger charge is -2.52. The Labute approximate surface area is 215 Å². The van der Waals surface area contributed by atoms with E-state index < -0.39 is 5.60 Å². The van der Waals surface area contributed by atoms with Crippen LogP contribution in [0.15, 0.2) is 100 Å². The molecule has 1 atom stereocenters. The Hall–Kier alpha value is -2.93. The van der Waals surface area contributed by atoms with Gasteiger partial charge in [-0.05, 0) is 35.2 Å². The number of benzene rings is 3. The van der Waals surface area contributed by atoms with Crippen molar-refractivity contribution in [3.8, 4) is 0 Å². The number of rotatable bonds is 7. The van der Waals surface area contributed by atoms with Crippen LogP contribution in [-0.4, -0.2) is 39.5 Å². The molecule has 3 aliphatic heterocycles. The molecule has 0 unspecified atom stereocenters. The SMILES string of the molecule is OC(c1ccccc1)(c1ccccc1)c1ncc(C[N+]23CCC(CC2)[C@@H](Sc2cccc(F)c2)C3)o1. The maximum Gasteiger partial charge on any atom is 0.236 e. The van der Waals surface area contributed by atoms with E-state index in [0.717, 1.165) is 52.4 Å². The van der Waals surface area contributed by atoms with Crippen LogP contribution >= 0.6 is 11.8 Å². The number of nitrogens with zero attached hydrogens (tertiary/aromatic N) is 2. The third-order valence-electron chi connectivity index (χ3n) is 7.86. The zero-order valence-electron chi connectivity index (χ0n) is 20.1. The average Bonchev–Trinajstić information content (AvgIpc) is 3.38. The van der Waals surface area contributed by atoms with Gasteiger partial charge in [-0.25, -0.2) is 9.37 Å². The van der Waals surface area contributed by atoms with Crippen molar-refractivity contribution in [1.29, 1.82) is 0 Å². The lowest BCUT2D eigenvalue weighted by molar-refractivity contribution is -0.954. The summed E-state index contributed by atoms with van der Waals surface area (Å²) in [7, 11) is 0. The van der Waals surface area contributed by atoms with Crippen LogP contribution in [0.4, 0.5) is 4.39 Å². The number of aromatic nitrogens is 1. The van der Waals surface area contributed by atoms with Crippen LogP contribution in [0, 0.1) is 11.7 Å². The van der Waals surface area contributed by atoms with Gasteiger partial charge >= 0.3 is 0 Å².